The minimum Gasteiger partial charge on any atom is -0.384 e. The zero-order chi connectivity index (χ0) is 14.4. The van der Waals surface area contributed by atoms with Crippen LogP contribution in [0.15, 0.2) is 24.3 Å². The Hall–Kier alpha value is -2.30. The van der Waals surface area contributed by atoms with Crippen molar-refractivity contribution in [2.45, 2.75) is 26.8 Å². The molecule has 2 aromatic heterocycles. The zero-order valence-corrected chi connectivity index (χ0v) is 12.3. The summed E-state index contributed by atoms with van der Waals surface area (Å²) in [7, 11) is 1.84. The molecule has 3 aromatic rings. The molecule has 0 atom stereocenters. The van der Waals surface area contributed by atoms with E-state index in [9.17, 15) is 0 Å². The molecule has 0 spiro atoms. The summed E-state index contributed by atoms with van der Waals surface area (Å²) >= 11 is 0. The maximum atomic E-state index is 5.84. The standard InChI is InChI=1S/C15H19N5/c1-9(2)20-10(3)17-13-7-11(5-6-14(13)20)12-8-15(16)19(4)18-12/h5-9H,16H2,1-4H3. The fourth-order valence-corrected chi connectivity index (χ4v) is 2.65. The third-order valence-corrected chi connectivity index (χ3v) is 3.59. The van der Waals surface area contributed by atoms with Gasteiger partial charge in [-0.15, -0.1) is 0 Å². The number of anilines is 1. The average Bonchev–Trinajstić information content (AvgIpc) is 2.88. The largest absolute Gasteiger partial charge is 0.384 e. The number of aryl methyl sites for hydroxylation is 2. The highest BCUT2D eigenvalue weighted by molar-refractivity contribution is 5.82. The Morgan fingerprint density at radius 2 is 1.95 bits per heavy atom. The van der Waals surface area contributed by atoms with Crippen LogP contribution < -0.4 is 5.73 Å². The molecule has 5 nitrogen and oxygen atoms in total. The van der Waals surface area contributed by atoms with Crippen molar-refractivity contribution >= 4 is 16.9 Å². The van der Waals surface area contributed by atoms with E-state index in [0.29, 0.717) is 11.9 Å². The van der Waals surface area contributed by atoms with E-state index in [2.05, 4.69) is 46.7 Å². The van der Waals surface area contributed by atoms with Crippen LogP contribution in [-0.4, -0.2) is 19.3 Å². The van der Waals surface area contributed by atoms with Crippen LogP contribution in [0.5, 0.6) is 0 Å². The van der Waals surface area contributed by atoms with Crippen LogP contribution in [0.3, 0.4) is 0 Å². The SMILES string of the molecule is Cc1nc2cc(-c3cc(N)n(C)n3)ccc2n1C(C)C. The van der Waals surface area contributed by atoms with Gasteiger partial charge in [0.2, 0.25) is 0 Å². The van der Waals surface area contributed by atoms with Gasteiger partial charge in [-0.1, -0.05) is 6.07 Å². The highest BCUT2D eigenvalue weighted by Gasteiger charge is 2.12. The van der Waals surface area contributed by atoms with Crippen molar-refractivity contribution in [1.82, 2.24) is 19.3 Å². The number of benzene rings is 1. The van der Waals surface area contributed by atoms with E-state index >= 15 is 0 Å². The first-order valence-electron chi connectivity index (χ1n) is 6.76. The summed E-state index contributed by atoms with van der Waals surface area (Å²) in [6, 6.07) is 8.53. The molecular formula is C15H19N5. The van der Waals surface area contributed by atoms with Gasteiger partial charge in [0.1, 0.15) is 11.6 Å². The van der Waals surface area contributed by atoms with Crippen molar-refractivity contribution in [1.29, 1.82) is 0 Å². The molecule has 0 aliphatic carbocycles. The molecule has 3 rings (SSSR count). The number of imidazole rings is 1. The highest BCUT2D eigenvalue weighted by Crippen LogP contribution is 2.26. The quantitative estimate of drug-likeness (QED) is 0.778. The Kier molecular flexibility index (Phi) is 2.78. The highest BCUT2D eigenvalue weighted by atomic mass is 15.3. The first kappa shape index (κ1) is 12.7. The second-order valence-corrected chi connectivity index (χ2v) is 5.40. The lowest BCUT2D eigenvalue weighted by Crippen LogP contribution is -2.02. The molecule has 20 heavy (non-hydrogen) atoms. The topological polar surface area (TPSA) is 61.7 Å². The third kappa shape index (κ3) is 1.86. The number of nitrogens with zero attached hydrogens (tertiary/aromatic N) is 4. The Morgan fingerprint density at radius 1 is 1.20 bits per heavy atom. The first-order valence-corrected chi connectivity index (χ1v) is 6.76. The monoisotopic (exact) mass is 269 g/mol. The zero-order valence-electron chi connectivity index (χ0n) is 12.3. The molecule has 0 unspecified atom stereocenters. The molecule has 0 fully saturated rings. The first-order chi connectivity index (χ1) is 9.47. The van der Waals surface area contributed by atoms with Gasteiger partial charge in [0, 0.05) is 24.7 Å². The van der Waals surface area contributed by atoms with Crippen molar-refractivity contribution in [2.75, 3.05) is 5.73 Å². The van der Waals surface area contributed by atoms with E-state index in [1.807, 2.05) is 20.0 Å². The molecule has 104 valence electrons. The van der Waals surface area contributed by atoms with Crippen LogP contribution in [0.1, 0.15) is 25.7 Å². The van der Waals surface area contributed by atoms with Gasteiger partial charge in [0.05, 0.1) is 16.7 Å². The lowest BCUT2D eigenvalue weighted by molar-refractivity contribution is 0.600. The Balaban J connectivity index is 2.16. The molecule has 0 saturated carbocycles. The van der Waals surface area contributed by atoms with Crippen LogP contribution in [-0.2, 0) is 7.05 Å². The number of hydrogen-bond acceptors (Lipinski definition) is 3. The minimum atomic E-state index is 0.399. The fraction of sp³-hybridized carbons (Fsp3) is 0.333. The van der Waals surface area contributed by atoms with Crippen LogP contribution in [0.2, 0.25) is 0 Å². The summed E-state index contributed by atoms with van der Waals surface area (Å²) in [5.74, 6) is 1.69. The molecule has 2 heterocycles. The molecule has 0 saturated heterocycles. The van der Waals surface area contributed by atoms with E-state index in [-0.39, 0.29) is 0 Å². The van der Waals surface area contributed by atoms with Crippen molar-refractivity contribution < 1.29 is 0 Å². The van der Waals surface area contributed by atoms with E-state index in [4.69, 9.17) is 5.73 Å². The van der Waals surface area contributed by atoms with Gasteiger partial charge in [-0.2, -0.15) is 5.10 Å². The van der Waals surface area contributed by atoms with Gasteiger partial charge in [-0.05, 0) is 32.9 Å². The average molecular weight is 269 g/mol. The third-order valence-electron chi connectivity index (χ3n) is 3.59. The molecule has 0 radical (unpaired) electrons. The van der Waals surface area contributed by atoms with Crippen molar-refractivity contribution in [3.05, 3.63) is 30.1 Å². The Labute approximate surface area is 118 Å². The summed E-state index contributed by atoms with van der Waals surface area (Å²) < 4.78 is 3.92. The number of nitrogen functional groups attached to an aromatic ring is 1. The smallest absolute Gasteiger partial charge is 0.121 e. The molecular weight excluding hydrogens is 250 g/mol. The minimum absolute atomic E-state index is 0.399. The van der Waals surface area contributed by atoms with Crippen LogP contribution in [0, 0.1) is 6.92 Å². The van der Waals surface area contributed by atoms with Gasteiger partial charge in [0.15, 0.2) is 0 Å². The second-order valence-electron chi connectivity index (χ2n) is 5.40. The number of hydrogen-bond donors (Lipinski definition) is 1. The van der Waals surface area contributed by atoms with E-state index < -0.39 is 0 Å². The summed E-state index contributed by atoms with van der Waals surface area (Å²) in [6.07, 6.45) is 0. The molecule has 0 amide bonds. The summed E-state index contributed by atoms with van der Waals surface area (Å²) in [4.78, 5) is 4.65. The maximum Gasteiger partial charge on any atom is 0.121 e. The summed E-state index contributed by atoms with van der Waals surface area (Å²) in [6.45, 7) is 6.38. The van der Waals surface area contributed by atoms with E-state index in [1.54, 1.807) is 4.68 Å². The number of rotatable bonds is 2. The molecule has 2 N–H and O–H groups in total. The normalized spacial score (nSPS) is 11.7. The molecule has 0 aliphatic rings. The van der Waals surface area contributed by atoms with Crippen molar-refractivity contribution in [2.24, 2.45) is 7.05 Å². The van der Waals surface area contributed by atoms with Gasteiger partial charge in [0.25, 0.3) is 0 Å². The van der Waals surface area contributed by atoms with E-state index in [1.165, 1.54) is 0 Å². The van der Waals surface area contributed by atoms with Gasteiger partial charge >= 0.3 is 0 Å². The number of aromatic nitrogens is 4. The molecule has 0 aliphatic heterocycles. The molecule has 1 aromatic carbocycles. The Bertz CT molecular complexity index is 760. The molecule has 5 heteroatoms. The Morgan fingerprint density at radius 3 is 2.55 bits per heavy atom. The second kappa shape index (κ2) is 4.37. The maximum absolute atomic E-state index is 5.84. The van der Waals surface area contributed by atoms with Crippen molar-refractivity contribution in [3.8, 4) is 11.3 Å². The number of fused-ring (bicyclic) bond motifs is 1. The van der Waals surface area contributed by atoms with Gasteiger partial charge in [-0.3, -0.25) is 4.68 Å². The fourth-order valence-electron chi connectivity index (χ4n) is 2.65. The van der Waals surface area contributed by atoms with Crippen LogP contribution >= 0.6 is 0 Å². The molecule has 0 bridgehead atoms. The summed E-state index contributed by atoms with van der Waals surface area (Å²) in [5, 5.41) is 4.41. The lowest BCUT2D eigenvalue weighted by atomic mass is 10.1. The van der Waals surface area contributed by atoms with Gasteiger partial charge in [-0.25, -0.2) is 4.98 Å². The predicted molar refractivity (Wildman–Crippen MR) is 81.5 cm³/mol. The predicted octanol–water partition coefficient (Wildman–Crippen LogP) is 2.91. The van der Waals surface area contributed by atoms with Crippen molar-refractivity contribution in [3.63, 3.8) is 0 Å². The van der Waals surface area contributed by atoms with Crippen LogP contribution in [0.4, 0.5) is 5.82 Å². The number of nitrogens with two attached hydrogens (primary N) is 1. The van der Waals surface area contributed by atoms with Gasteiger partial charge < -0.3 is 10.3 Å². The summed E-state index contributed by atoms with van der Waals surface area (Å²) in [5.41, 5.74) is 9.91. The van der Waals surface area contributed by atoms with E-state index in [0.717, 1.165) is 28.1 Å². The lowest BCUT2D eigenvalue weighted by Gasteiger charge is -2.10. The van der Waals surface area contributed by atoms with Crippen LogP contribution in [0.25, 0.3) is 22.3 Å².